The van der Waals surface area contributed by atoms with Gasteiger partial charge in [-0.25, -0.2) is 4.98 Å². The van der Waals surface area contributed by atoms with Crippen LogP contribution in [0.2, 0.25) is 10.0 Å². The number of carbonyl (C=O) groups excluding carboxylic acids is 1. The zero-order valence-electron chi connectivity index (χ0n) is 9.44. The van der Waals surface area contributed by atoms with Crippen molar-refractivity contribution in [3.63, 3.8) is 0 Å². The maximum absolute atomic E-state index is 10.9. The lowest BCUT2D eigenvalue weighted by atomic mass is 10.2. The van der Waals surface area contributed by atoms with Crippen LogP contribution in [0.3, 0.4) is 0 Å². The first kappa shape index (κ1) is 13.3. The van der Waals surface area contributed by atoms with Crippen LogP contribution in [-0.4, -0.2) is 11.3 Å². The molecule has 2 aromatic rings. The standard InChI is InChI=1S/C12H9Cl2NO2S/c1-7-15-10(6-18-7)5-17-12-8(4-16)2-9(13)3-11(12)14/h2-4,6H,5H2,1H3. The van der Waals surface area contributed by atoms with Crippen LogP contribution in [0.25, 0.3) is 0 Å². The van der Waals surface area contributed by atoms with Crippen LogP contribution in [0.4, 0.5) is 0 Å². The molecule has 0 aliphatic rings. The number of thiazole rings is 1. The molecule has 1 heterocycles. The molecule has 0 radical (unpaired) electrons. The van der Waals surface area contributed by atoms with Crippen molar-refractivity contribution in [1.82, 2.24) is 4.98 Å². The van der Waals surface area contributed by atoms with Gasteiger partial charge in [-0.3, -0.25) is 4.79 Å². The summed E-state index contributed by atoms with van der Waals surface area (Å²) in [5, 5.41) is 3.58. The van der Waals surface area contributed by atoms with Crippen LogP contribution in [0.15, 0.2) is 17.5 Å². The largest absolute Gasteiger partial charge is 0.485 e. The second kappa shape index (κ2) is 5.69. The predicted molar refractivity (Wildman–Crippen MR) is 73.0 cm³/mol. The third kappa shape index (κ3) is 3.02. The maximum Gasteiger partial charge on any atom is 0.153 e. The van der Waals surface area contributed by atoms with Gasteiger partial charge in [0.25, 0.3) is 0 Å². The quantitative estimate of drug-likeness (QED) is 0.796. The molecule has 6 heteroatoms. The molecule has 0 saturated carbocycles. The highest BCUT2D eigenvalue weighted by molar-refractivity contribution is 7.09. The summed E-state index contributed by atoms with van der Waals surface area (Å²) in [5.41, 5.74) is 1.14. The van der Waals surface area contributed by atoms with E-state index in [0.717, 1.165) is 10.7 Å². The number of aromatic nitrogens is 1. The molecule has 0 aliphatic carbocycles. The van der Waals surface area contributed by atoms with Gasteiger partial charge in [-0.15, -0.1) is 11.3 Å². The van der Waals surface area contributed by atoms with Gasteiger partial charge in [-0.1, -0.05) is 23.2 Å². The molecule has 0 amide bonds. The fourth-order valence-electron chi connectivity index (χ4n) is 1.44. The third-order valence-corrected chi connectivity index (χ3v) is 3.52. The van der Waals surface area contributed by atoms with E-state index in [-0.39, 0.29) is 6.61 Å². The Kier molecular flexibility index (Phi) is 4.22. The minimum absolute atomic E-state index is 0.270. The van der Waals surface area contributed by atoms with E-state index in [1.807, 2.05) is 12.3 Å². The Hall–Kier alpha value is -1.10. The summed E-state index contributed by atoms with van der Waals surface area (Å²) in [6.07, 6.45) is 0.666. The Morgan fingerprint density at radius 3 is 2.83 bits per heavy atom. The number of rotatable bonds is 4. The number of hydrogen-bond acceptors (Lipinski definition) is 4. The van der Waals surface area contributed by atoms with Crippen molar-refractivity contribution < 1.29 is 9.53 Å². The molecule has 0 spiro atoms. The second-order valence-electron chi connectivity index (χ2n) is 3.57. The van der Waals surface area contributed by atoms with E-state index in [1.165, 1.54) is 12.1 Å². The Bertz CT molecular complexity index is 583. The molecule has 0 atom stereocenters. The number of aryl methyl sites for hydroxylation is 1. The lowest BCUT2D eigenvalue weighted by Crippen LogP contribution is -1.99. The van der Waals surface area contributed by atoms with Crippen LogP contribution in [0.1, 0.15) is 21.1 Å². The molecule has 94 valence electrons. The highest BCUT2D eigenvalue weighted by Gasteiger charge is 2.11. The number of carbonyl (C=O) groups is 1. The first-order valence-corrected chi connectivity index (χ1v) is 6.71. The van der Waals surface area contributed by atoms with Gasteiger partial charge < -0.3 is 4.74 Å². The molecule has 0 saturated heterocycles. The van der Waals surface area contributed by atoms with Gasteiger partial charge in [0.05, 0.1) is 21.3 Å². The Labute approximate surface area is 118 Å². The van der Waals surface area contributed by atoms with Crippen molar-refractivity contribution in [3.05, 3.63) is 43.8 Å². The average Bonchev–Trinajstić information content (AvgIpc) is 2.73. The van der Waals surface area contributed by atoms with Crippen molar-refractivity contribution in [3.8, 4) is 5.75 Å². The highest BCUT2D eigenvalue weighted by Crippen LogP contribution is 2.32. The monoisotopic (exact) mass is 301 g/mol. The number of hydrogen-bond donors (Lipinski definition) is 0. The summed E-state index contributed by atoms with van der Waals surface area (Å²) in [5.74, 6) is 0.335. The molecule has 0 aliphatic heterocycles. The fourth-order valence-corrected chi connectivity index (χ4v) is 2.60. The average molecular weight is 302 g/mol. The normalized spacial score (nSPS) is 10.4. The van der Waals surface area contributed by atoms with E-state index >= 15 is 0 Å². The van der Waals surface area contributed by atoms with Gasteiger partial charge in [0.2, 0.25) is 0 Å². The minimum Gasteiger partial charge on any atom is -0.485 e. The lowest BCUT2D eigenvalue weighted by molar-refractivity contribution is 0.111. The summed E-state index contributed by atoms with van der Waals surface area (Å²) in [6.45, 7) is 2.19. The van der Waals surface area contributed by atoms with E-state index < -0.39 is 0 Å². The predicted octanol–water partition coefficient (Wildman–Crippen LogP) is 4.15. The Morgan fingerprint density at radius 2 is 2.22 bits per heavy atom. The first-order valence-electron chi connectivity index (χ1n) is 5.08. The number of ether oxygens (including phenoxy) is 1. The van der Waals surface area contributed by atoms with Crippen molar-refractivity contribution in [2.45, 2.75) is 13.5 Å². The van der Waals surface area contributed by atoms with E-state index in [2.05, 4.69) is 4.98 Å². The second-order valence-corrected chi connectivity index (χ2v) is 5.48. The summed E-state index contributed by atoms with van der Waals surface area (Å²) < 4.78 is 5.54. The van der Waals surface area contributed by atoms with Crippen LogP contribution >= 0.6 is 34.5 Å². The van der Waals surface area contributed by atoms with Crippen LogP contribution < -0.4 is 4.74 Å². The molecular formula is C12H9Cl2NO2S. The number of aldehydes is 1. The molecule has 0 bridgehead atoms. The van der Waals surface area contributed by atoms with Gasteiger partial charge >= 0.3 is 0 Å². The third-order valence-electron chi connectivity index (χ3n) is 2.20. The molecule has 0 fully saturated rings. The fraction of sp³-hybridized carbons (Fsp3) is 0.167. The van der Waals surface area contributed by atoms with Gasteiger partial charge in [0.15, 0.2) is 6.29 Å². The Balaban J connectivity index is 2.20. The zero-order valence-corrected chi connectivity index (χ0v) is 11.8. The summed E-state index contributed by atoms with van der Waals surface area (Å²) >= 11 is 13.4. The number of halogens is 2. The Morgan fingerprint density at radius 1 is 1.44 bits per heavy atom. The van der Waals surface area contributed by atoms with Gasteiger partial charge in [-0.2, -0.15) is 0 Å². The molecule has 0 unspecified atom stereocenters. The SMILES string of the molecule is Cc1nc(COc2c(Cl)cc(Cl)cc2C=O)cs1. The molecule has 1 aromatic heterocycles. The van der Waals surface area contributed by atoms with E-state index in [4.69, 9.17) is 27.9 Å². The van der Waals surface area contributed by atoms with Crippen molar-refractivity contribution in [2.75, 3.05) is 0 Å². The molecule has 2 rings (SSSR count). The van der Waals surface area contributed by atoms with Crippen molar-refractivity contribution in [1.29, 1.82) is 0 Å². The minimum atomic E-state index is 0.270. The lowest BCUT2D eigenvalue weighted by Gasteiger charge is -2.09. The molecule has 18 heavy (non-hydrogen) atoms. The smallest absolute Gasteiger partial charge is 0.153 e. The maximum atomic E-state index is 10.9. The van der Waals surface area contributed by atoms with Gasteiger partial charge in [0.1, 0.15) is 12.4 Å². The van der Waals surface area contributed by atoms with Crippen LogP contribution in [0, 0.1) is 6.92 Å². The zero-order chi connectivity index (χ0) is 13.1. The molecule has 0 N–H and O–H groups in total. The topological polar surface area (TPSA) is 39.2 Å². The summed E-state index contributed by atoms with van der Waals surface area (Å²) in [6, 6.07) is 3.06. The van der Waals surface area contributed by atoms with Crippen molar-refractivity contribution in [2.24, 2.45) is 0 Å². The highest BCUT2D eigenvalue weighted by atomic mass is 35.5. The summed E-state index contributed by atoms with van der Waals surface area (Å²) in [7, 11) is 0. The van der Waals surface area contributed by atoms with E-state index in [9.17, 15) is 4.79 Å². The van der Waals surface area contributed by atoms with Crippen molar-refractivity contribution >= 4 is 40.8 Å². The molecule has 3 nitrogen and oxygen atoms in total. The van der Waals surface area contributed by atoms with Crippen LogP contribution in [0.5, 0.6) is 5.75 Å². The number of benzene rings is 1. The van der Waals surface area contributed by atoms with Gasteiger partial charge in [-0.05, 0) is 19.1 Å². The van der Waals surface area contributed by atoms with E-state index in [0.29, 0.717) is 27.6 Å². The molecule has 1 aromatic carbocycles. The summed E-state index contributed by atoms with van der Waals surface area (Å²) in [4.78, 5) is 15.2. The van der Waals surface area contributed by atoms with Gasteiger partial charge in [0, 0.05) is 10.4 Å². The molecular weight excluding hydrogens is 293 g/mol. The van der Waals surface area contributed by atoms with E-state index in [1.54, 1.807) is 11.3 Å². The first-order chi connectivity index (χ1) is 8.60. The van der Waals surface area contributed by atoms with Crippen LogP contribution in [-0.2, 0) is 6.61 Å². The number of nitrogens with zero attached hydrogens (tertiary/aromatic N) is 1.